The van der Waals surface area contributed by atoms with Gasteiger partial charge >= 0.3 is 0 Å². The normalized spacial score (nSPS) is 11.7. The van der Waals surface area contributed by atoms with Gasteiger partial charge in [0.15, 0.2) is 75.8 Å². The smallest absolute Gasteiger partial charge is 0.177 e. The second-order valence-electron chi connectivity index (χ2n) is 14.8. The molecule has 8 heteroatoms. The van der Waals surface area contributed by atoms with Crippen molar-refractivity contribution >= 4 is 46.4 Å². The molecule has 9 heterocycles. The predicted molar refractivity (Wildman–Crippen MR) is 242 cm³/mol. The zero-order valence-corrected chi connectivity index (χ0v) is 33.5. The molecular weight excluding hydrogens is 737 g/mol. The Labute approximate surface area is 349 Å². The number of hydrogen-bond donors (Lipinski definition) is 2. The van der Waals surface area contributed by atoms with E-state index in [1.807, 2.05) is 24.3 Å². The highest BCUT2D eigenvalue weighted by Gasteiger charge is 2.22. The minimum Gasteiger partial charge on any atom is -0.354 e. The van der Waals surface area contributed by atoms with E-state index in [1.165, 1.54) is 0 Å². The number of nitrogens with one attached hydrogen (secondary N) is 2. The average molecular weight is 783 g/mol. The second kappa shape index (κ2) is 16.6. The van der Waals surface area contributed by atoms with Gasteiger partial charge in [-0.05, 0) is 97.1 Å². The Morgan fingerprint density at radius 3 is 0.867 bits per heavy atom. The quantitative estimate of drug-likeness (QED) is 0.0959. The SMILES string of the molecule is C=CC[n+]1cccc(-c2c3nc(c(-c4ccc[n+](CC=C)c4)c4ccc([nH]4)c(-c4ccc[n+](CC=C)c4)c4nc(c(-c5ccc[n+](CC=C)c5)c5ccc2[nH]5)C=C4)C=C3)c1. The Hall–Kier alpha value is -7.84. The molecule has 0 aliphatic carbocycles. The van der Waals surface area contributed by atoms with E-state index in [9.17, 15) is 0 Å². The number of fused-ring (bicyclic) bond motifs is 8. The minimum atomic E-state index is 0.681. The van der Waals surface area contributed by atoms with E-state index >= 15 is 0 Å². The number of aromatic nitrogens is 8. The number of H-pyrrole nitrogens is 2. The van der Waals surface area contributed by atoms with Gasteiger partial charge in [0, 0.05) is 90.8 Å². The second-order valence-corrected chi connectivity index (χ2v) is 14.8. The zero-order chi connectivity index (χ0) is 41.0. The summed E-state index contributed by atoms with van der Waals surface area (Å²) in [5, 5.41) is 0. The topological polar surface area (TPSA) is 72.9 Å². The molecule has 9 rings (SSSR count). The van der Waals surface area contributed by atoms with Crippen molar-refractivity contribution in [2.24, 2.45) is 0 Å². The van der Waals surface area contributed by atoms with Gasteiger partial charge in [0.1, 0.15) is 0 Å². The van der Waals surface area contributed by atoms with Gasteiger partial charge in [0.2, 0.25) is 0 Å². The van der Waals surface area contributed by atoms with Crippen LogP contribution >= 0.6 is 0 Å². The van der Waals surface area contributed by atoms with Crippen LogP contribution < -0.4 is 18.3 Å². The molecule has 8 bridgehead atoms. The molecule has 0 fully saturated rings. The fourth-order valence-electron chi connectivity index (χ4n) is 8.15. The van der Waals surface area contributed by atoms with Crippen LogP contribution in [0.1, 0.15) is 22.8 Å². The molecule has 0 aromatic carbocycles. The lowest BCUT2D eigenvalue weighted by Crippen LogP contribution is -2.31. The molecule has 2 aliphatic rings. The van der Waals surface area contributed by atoms with Gasteiger partial charge in [-0.3, -0.25) is 0 Å². The van der Waals surface area contributed by atoms with E-state index < -0.39 is 0 Å². The number of allylic oxidation sites excluding steroid dienone is 4. The molecule has 2 aliphatic heterocycles. The molecule has 2 N–H and O–H groups in total. The molecule has 0 radical (unpaired) electrons. The van der Waals surface area contributed by atoms with Crippen LogP contribution in [0.15, 0.2) is 173 Å². The fraction of sp³-hybridized carbons (Fsp3) is 0.0769. The highest BCUT2D eigenvalue weighted by Crippen LogP contribution is 2.37. The van der Waals surface area contributed by atoms with E-state index in [0.717, 1.165) is 89.4 Å². The fourth-order valence-corrected chi connectivity index (χ4v) is 8.15. The van der Waals surface area contributed by atoms with E-state index in [2.05, 4.69) is 201 Å². The Kier molecular flexibility index (Phi) is 10.4. The molecule has 0 amide bonds. The average Bonchev–Trinajstić information content (AvgIpc) is 4.10. The van der Waals surface area contributed by atoms with Gasteiger partial charge in [-0.15, -0.1) is 0 Å². The molecule has 290 valence electrons. The molecular formula is C52H46N8+4. The van der Waals surface area contributed by atoms with Crippen molar-refractivity contribution in [2.45, 2.75) is 26.2 Å². The Morgan fingerprint density at radius 2 is 0.633 bits per heavy atom. The van der Waals surface area contributed by atoms with Crippen LogP contribution in [0.3, 0.4) is 0 Å². The molecule has 7 aromatic rings. The van der Waals surface area contributed by atoms with Gasteiger partial charge in [-0.2, -0.15) is 0 Å². The summed E-state index contributed by atoms with van der Waals surface area (Å²) in [6.07, 6.45) is 33.0. The third-order valence-corrected chi connectivity index (χ3v) is 10.7. The number of nitrogens with zero attached hydrogens (tertiary/aromatic N) is 6. The van der Waals surface area contributed by atoms with Crippen molar-refractivity contribution < 1.29 is 18.3 Å². The first-order chi connectivity index (χ1) is 29.5. The maximum Gasteiger partial charge on any atom is 0.177 e. The van der Waals surface area contributed by atoms with Crippen molar-refractivity contribution in [3.63, 3.8) is 0 Å². The van der Waals surface area contributed by atoms with E-state index in [-0.39, 0.29) is 0 Å². The van der Waals surface area contributed by atoms with Gasteiger partial charge in [0.25, 0.3) is 0 Å². The standard InChI is InChI=1S/C52H46N8/c1-5-25-57-29-9-13-37(33-57)49-41-17-19-43(53-41)50(38-14-10-30-58(34-38)26-6-2)45-21-23-47(55-45)52(40-16-12-32-60(36-40)28-8-4)48-24-22-46(56-48)51(44-20-18-42(49)54-44)39-15-11-31-59(35-39)27-7-3/h5-24,29-36,53,56H,1-4,25-28H2/q+4. The molecule has 8 nitrogen and oxygen atoms in total. The monoisotopic (exact) mass is 782 g/mol. The van der Waals surface area contributed by atoms with Crippen LogP contribution in [-0.4, -0.2) is 19.9 Å². The van der Waals surface area contributed by atoms with E-state index in [4.69, 9.17) is 9.97 Å². The van der Waals surface area contributed by atoms with E-state index in [0.29, 0.717) is 26.2 Å². The van der Waals surface area contributed by atoms with Crippen LogP contribution in [0.5, 0.6) is 0 Å². The molecule has 0 saturated heterocycles. The largest absolute Gasteiger partial charge is 0.354 e. The molecule has 0 unspecified atom stereocenters. The summed E-state index contributed by atoms with van der Waals surface area (Å²) in [5.41, 5.74) is 15.2. The van der Waals surface area contributed by atoms with Crippen molar-refractivity contribution in [2.75, 3.05) is 0 Å². The Balaban J connectivity index is 1.45. The molecule has 0 spiro atoms. The van der Waals surface area contributed by atoms with Gasteiger partial charge in [-0.25, -0.2) is 28.2 Å². The summed E-state index contributed by atoms with van der Waals surface area (Å²) in [7, 11) is 0. The lowest BCUT2D eigenvalue weighted by Gasteiger charge is -2.06. The van der Waals surface area contributed by atoms with Gasteiger partial charge < -0.3 is 9.97 Å². The van der Waals surface area contributed by atoms with Crippen molar-refractivity contribution in [3.05, 3.63) is 196 Å². The van der Waals surface area contributed by atoms with Crippen LogP contribution in [0, 0.1) is 0 Å². The first-order valence-electron chi connectivity index (χ1n) is 20.1. The van der Waals surface area contributed by atoms with Crippen LogP contribution in [0.2, 0.25) is 0 Å². The number of hydrogen-bond acceptors (Lipinski definition) is 2. The summed E-state index contributed by atoms with van der Waals surface area (Å²) in [6.45, 7) is 18.7. The Morgan fingerprint density at radius 1 is 0.383 bits per heavy atom. The van der Waals surface area contributed by atoms with Crippen molar-refractivity contribution in [1.29, 1.82) is 0 Å². The molecule has 7 aromatic heterocycles. The summed E-state index contributed by atoms with van der Waals surface area (Å²) in [6, 6.07) is 25.5. The first kappa shape index (κ1) is 37.7. The summed E-state index contributed by atoms with van der Waals surface area (Å²) in [5.74, 6) is 0. The molecule has 60 heavy (non-hydrogen) atoms. The summed E-state index contributed by atoms with van der Waals surface area (Å²) < 4.78 is 8.55. The van der Waals surface area contributed by atoms with Crippen molar-refractivity contribution in [3.8, 4) is 44.5 Å². The maximum atomic E-state index is 5.48. The first-order valence-corrected chi connectivity index (χ1v) is 20.1. The van der Waals surface area contributed by atoms with Crippen LogP contribution in [0.4, 0.5) is 0 Å². The molecule has 0 atom stereocenters. The van der Waals surface area contributed by atoms with Gasteiger partial charge in [0.05, 0.1) is 22.8 Å². The Bertz CT molecular complexity index is 2680. The predicted octanol–water partition coefficient (Wildman–Crippen LogP) is 9.22. The number of aromatic amines is 2. The zero-order valence-electron chi connectivity index (χ0n) is 33.5. The van der Waals surface area contributed by atoms with Crippen LogP contribution in [-0.2, 0) is 26.2 Å². The highest BCUT2D eigenvalue weighted by molar-refractivity contribution is 5.99. The van der Waals surface area contributed by atoms with Gasteiger partial charge in [-0.1, -0.05) is 26.3 Å². The maximum absolute atomic E-state index is 5.48. The summed E-state index contributed by atoms with van der Waals surface area (Å²) in [4.78, 5) is 18.7. The van der Waals surface area contributed by atoms with Crippen molar-refractivity contribution in [1.82, 2.24) is 19.9 Å². The number of rotatable bonds is 12. The van der Waals surface area contributed by atoms with Crippen LogP contribution in [0.25, 0.3) is 90.9 Å². The number of pyridine rings is 4. The summed E-state index contributed by atoms with van der Waals surface area (Å²) >= 11 is 0. The third-order valence-electron chi connectivity index (χ3n) is 10.7. The lowest BCUT2D eigenvalue weighted by atomic mass is 10.1. The minimum absolute atomic E-state index is 0.681. The van der Waals surface area contributed by atoms with E-state index in [1.54, 1.807) is 0 Å². The molecule has 0 saturated carbocycles. The third kappa shape index (κ3) is 7.38. The highest BCUT2D eigenvalue weighted by atomic mass is 14.9. The lowest BCUT2D eigenvalue weighted by molar-refractivity contribution is -0.686.